The van der Waals surface area contributed by atoms with E-state index in [2.05, 4.69) is 48.0 Å². The predicted molar refractivity (Wildman–Crippen MR) is 68.3 cm³/mol. The van der Waals surface area contributed by atoms with Gasteiger partial charge in [-0.05, 0) is 6.92 Å². The Balaban J connectivity index is 1.90. The van der Waals surface area contributed by atoms with E-state index in [1.54, 1.807) is 0 Å². The van der Waals surface area contributed by atoms with Gasteiger partial charge in [0.15, 0.2) is 0 Å². The highest BCUT2D eigenvalue weighted by molar-refractivity contribution is 5.31. The third-order valence-corrected chi connectivity index (χ3v) is 2.43. The number of rotatable bonds is 0. The van der Waals surface area contributed by atoms with E-state index < -0.39 is 0 Å². The summed E-state index contributed by atoms with van der Waals surface area (Å²) in [7, 11) is 0. The molecule has 0 fully saturated rings. The fourth-order valence-corrected chi connectivity index (χ4v) is 1.53. The van der Waals surface area contributed by atoms with Crippen LogP contribution in [0.15, 0.2) is 48.6 Å². The quantitative estimate of drug-likeness (QED) is 0.534. The van der Waals surface area contributed by atoms with Crippen molar-refractivity contribution in [2.45, 2.75) is 6.92 Å². The highest BCUT2D eigenvalue weighted by atomic mass is 14.0. The maximum atomic E-state index is 3.19. The highest BCUT2D eigenvalue weighted by Gasteiger charge is 1.99. The standard InChI is InChI=1S/C16H14/c1-14(10-12-15-6-2-3-7-15)11-13-16-8-4-5-9-16/h2-9,14-16H,1H3. The fraction of sp³-hybridized carbons (Fsp3) is 0.250. The van der Waals surface area contributed by atoms with Crippen molar-refractivity contribution in [1.29, 1.82) is 0 Å². The van der Waals surface area contributed by atoms with E-state index in [0.29, 0.717) is 0 Å². The molecule has 16 heavy (non-hydrogen) atoms. The van der Waals surface area contributed by atoms with Crippen molar-refractivity contribution in [3.63, 3.8) is 0 Å². The van der Waals surface area contributed by atoms with E-state index in [9.17, 15) is 0 Å². The van der Waals surface area contributed by atoms with Crippen LogP contribution < -0.4 is 0 Å². The lowest BCUT2D eigenvalue weighted by molar-refractivity contribution is 1.00. The number of hydrogen-bond acceptors (Lipinski definition) is 0. The van der Waals surface area contributed by atoms with Gasteiger partial charge in [-0.15, -0.1) is 0 Å². The molecule has 0 aliphatic heterocycles. The molecule has 0 saturated carbocycles. The normalized spacial score (nSPS) is 17.6. The summed E-state index contributed by atoms with van der Waals surface area (Å²) in [5.41, 5.74) is 0. The van der Waals surface area contributed by atoms with Gasteiger partial charge in [0.25, 0.3) is 0 Å². The first-order chi connectivity index (χ1) is 7.84. The molecule has 2 aliphatic carbocycles. The van der Waals surface area contributed by atoms with Crippen LogP contribution in [0.25, 0.3) is 0 Å². The van der Waals surface area contributed by atoms with Crippen molar-refractivity contribution in [1.82, 2.24) is 0 Å². The molecule has 0 unspecified atom stereocenters. The van der Waals surface area contributed by atoms with Crippen molar-refractivity contribution in [3.05, 3.63) is 48.6 Å². The minimum Gasteiger partial charge on any atom is -0.0902 e. The zero-order valence-corrected chi connectivity index (χ0v) is 9.35. The van der Waals surface area contributed by atoms with Gasteiger partial charge in [-0.1, -0.05) is 72.3 Å². The van der Waals surface area contributed by atoms with E-state index in [0.717, 1.165) is 0 Å². The van der Waals surface area contributed by atoms with Gasteiger partial charge in [-0.2, -0.15) is 0 Å². The summed E-state index contributed by atoms with van der Waals surface area (Å²) in [5.74, 6) is 13.5. The van der Waals surface area contributed by atoms with Crippen LogP contribution >= 0.6 is 0 Å². The SMILES string of the molecule is CC(C#CC1C=CC=C1)C#CC1C=CC=C1. The first kappa shape index (κ1) is 10.6. The van der Waals surface area contributed by atoms with Crippen LogP contribution in [0.3, 0.4) is 0 Å². The lowest BCUT2D eigenvalue weighted by Gasteiger charge is -1.94. The second-order valence-electron chi connectivity index (χ2n) is 3.89. The molecule has 0 atom stereocenters. The van der Waals surface area contributed by atoms with Gasteiger partial charge < -0.3 is 0 Å². The third kappa shape index (κ3) is 3.04. The summed E-state index contributed by atoms with van der Waals surface area (Å²) in [4.78, 5) is 0. The lowest BCUT2D eigenvalue weighted by atomic mass is 10.1. The molecule has 0 bridgehead atoms. The molecule has 0 aromatic carbocycles. The van der Waals surface area contributed by atoms with Crippen LogP contribution in [-0.4, -0.2) is 0 Å². The summed E-state index contributed by atoms with van der Waals surface area (Å²) >= 11 is 0. The van der Waals surface area contributed by atoms with Crippen molar-refractivity contribution in [2.75, 3.05) is 0 Å². The second kappa shape index (κ2) is 5.24. The van der Waals surface area contributed by atoms with Gasteiger partial charge in [0.1, 0.15) is 0 Å². The predicted octanol–water partition coefficient (Wildman–Crippen LogP) is 3.11. The molecule has 0 heteroatoms. The zero-order chi connectivity index (χ0) is 11.2. The molecular formula is C16H14. The van der Waals surface area contributed by atoms with E-state index >= 15 is 0 Å². The van der Waals surface area contributed by atoms with Crippen LogP contribution in [0, 0.1) is 41.4 Å². The van der Waals surface area contributed by atoms with Crippen LogP contribution in [0.1, 0.15) is 6.92 Å². The van der Waals surface area contributed by atoms with Crippen molar-refractivity contribution < 1.29 is 0 Å². The average molecular weight is 206 g/mol. The Kier molecular flexibility index (Phi) is 3.47. The molecule has 0 aromatic rings. The molecular weight excluding hydrogens is 192 g/mol. The Bertz CT molecular complexity index is 408. The van der Waals surface area contributed by atoms with Gasteiger partial charge in [0, 0.05) is 0 Å². The lowest BCUT2D eigenvalue weighted by Crippen LogP contribution is -1.89. The summed E-state index contributed by atoms with van der Waals surface area (Å²) in [6.45, 7) is 2.05. The average Bonchev–Trinajstić information content (AvgIpc) is 2.96. The monoisotopic (exact) mass is 206 g/mol. The molecule has 78 valence electrons. The van der Waals surface area contributed by atoms with Crippen molar-refractivity contribution in [2.24, 2.45) is 17.8 Å². The molecule has 2 rings (SSSR count). The van der Waals surface area contributed by atoms with E-state index in [1.165, 1.54) is 0 Å². The van der Waals surface area contributed by atoms with Crippen molar-refractivity contribution >= 4 is 0 Å². The highest BCUT2D eigenvalue weighted by Crippen LogP contribution is 2.08. The maximum Gasteiger partial charge on any atom is 0.0784 e. The molecule has 0 radical (unpaired) electrons. The summed E-state index contributed by atoms with van der Waals surface area (Å²) in [6.07, 6.45) is 16.5. The maximum absolute atomic E-state index is 3.19. The Morgan fingerprint density at radius 1 is 0.750 bits per heavy atom. The van der Waals surface area contributed by atoms with Gasteiger partial charge in [0.05, 0.1) is 17.8 Å². The summed E-state index contributed by atoms with van der Waals surface area (Å²) < 4.78 is 0. The van der Waals surface area contributed by atoms with Crippen LogP contribution in [0.2, 0.25) is 0 Å². The zero-order valence-electron chi connectivity index (χ0n) is 9.35. The van der Waals surface area contributed by atoms with Crippen LogP contribution in [0.5, 0.6) is 0 Å². The first-order valence-corrected chi connectivity index (χ1v) is 5.57. The van der Waals surface area contributed by atoms with Gasteiger partial charge in [0.2, 0.25) is 0 Å². The third-order valence-electron chi connectivity index (χ3n) is 2.43. The number of allylic oxidation sites excluding steroid dienone is 8. The van der Waals surface area contributed by atoms with Gasteiger partial charge in [-0.25, -0.2) is 0 Å². The first-order valence-electron chi connectivity index (χ1n) is 5.57. The largest absolute Gasteiger partial charge is 0.0902 e. The molecule has 0 N–H and O–H groups in total. The Hall–Kier alpha value is -1.92. The second-order valence-corrected chi connectivity index (χ2v) is 3.89. The topological polar surface area (TPSA) is 0 Å². The minimum atomic E-state index is 0.143. The molecule has 0 amide bonds. The van der Waals surface area contributed by atoms with E-state index in [4.69, 9.17) is 0 Å². The molecule has 0 aromatic heterocycles. The Labute approximate surface area is 97.4 Å². The smallest absolute Gasteiger partial charge is 0.0784 e. The minimum absolute atomic E-state index is 0.143. The van der Waals surface area contributed by atoms with E-state index in [-0.39, 0.29) is 17.8 Å². The molecule has 0 nitrogen and oxygen atoms in total. The van der Waals surface area contributed by atoms with Crippen LogP contribution in [0.4, 0.5) is 0 Å². The van der Waals surface area contributed by atoms with Crippen molar-refractivity contribution in [3.8, 4) is 23.7 Å². The van der Waals surface area contributed by atoms with E-state index in [1.807, 2.05) is 31.2 Å². The number of hydrogen-bond donors (Lipinski definition) is 0. The molecule has 0 saturated heterocycles. The summed E-state index contributed by atoms with van der Waals surface area (Å²) in [6, 6.07) is 0. The fourth-order valence-electron chi connectivity index (χ4n) is 1.53. The summed E-state index contributed by atoms with van der Waals surface area (Å²) in [5, 5.41) is 0. The molecule has 0 heterocycles. The van der Waals surface area contributed by atoms with Gasteiger partial charge in [-0.3, -0.25) is 0 Å². The Morgan fingerprint density at radius 2 is 1.12 bits per heavy atom. The molecule has 2 aliphatic rings. The van der Waals surface area contributed by atoms with Gasteiger partial charge >= 0.3 is 0 Å². The Morgan fingerprint density at radius 3 is 1.50 bits per heavy atom. The van der Waals surface area contributed by atoms with Crippen LogP contribution in [-0.2, 0) is 0 Å². The molecule has 0 spiro atoms.